The van der Waals surface area contributed by atoms with Crippen LogP contribution < -0.4 is 4.90 Å². The number of carbonyl (C=O) groups is 1. The Morgan fingerprint density at radius 2 is 1.69 bits per heavy atom. The zero-order valence-electron chi connectivity index (χ0n) is 14.0. The summed E-state index contributed by atoms with van der Waals surface area (Å²) in [4.78, 5) is 16.3. The number of rotatable bonds is 4. The number of hydrogen-bond donors (Lipinski definition) is 0. The van der Waals surface area contributed by atoms with E-state index in [2.05, 4.69) is 0 Å². The number of Topliss-reactive ketones (excluding diaryl/α,β-unsaturated/α-hetero) is 1. The Morgan fingerprint density at radius 1 is 1.00 bits per heavy atom. The molecule has 138 valence electrons. The van der Waals surface area contributed by atoms with Crippen LogP contribution >= 0.6 is 11.6 Å². The third-order valence-electron chi connectivity index (χ3n) is 4.42. The quantitative estimate of drug-likeness (QED) is 0.734. The van der Waals surface area contributed by atoms with Crippen molar-refractivity contribution < 1.29 is 18.0 Å². The van der Waals surface area contributed by atoms with Crippen molar-refractivity contribution in [2.45, 2.75) is 6.18 Å². The smallest absolute Gasteiger partial charge is 0.369 e. The van der Waals surface area contributed by atoms with Gasteiger partial charge in [-0.05, 0) is 30.3 Å². The second-order valence-electron chi connectivity index (χ2n) is 6.24. The lowest BCUT2D eigenvalue weighted by molar-refractivity contribution is -0.137. The average molecular weight is 383 g/mol. The van der Waals surface area contributed by atoms with Gasteiger partial charge in [0.2, 0.25) is 0 Å². The molecule has 1 aliphatic heterocycles. The van der Waals surface area contributed by atoms with Gasteiger partial charge >= 0.3 is 6.18 Å². The van der Waals surface area contributed by atoms with Gasteiger partial charge in [0.25, 0.3) is 0 Å². The van der Waals surface area contributed by atoms with Crippen LogP contribution in [0, 0.1) is 0 Å². The van der Waals surface area contributed by atoms with Crippen molar-refractivity contribution in [2.24, 2.45) is 0 Å². The highest BCUT2D eigenvalue weighted by molar-refractivity contribution is 6.31. The van der Waals surface area contributed by atoms with Crippen LogP contribution in [-0.4, -0.2) is 43.4 Å². The molecule has 0 N–H and O–H groups in total. The van der Waals surface area contributed by atoms with Crippen molar-refractivity contribution in [2.75, 3.05) is 37.6 Å². The fraction of sp³-hybridized carbons (Fsp3) is 0.316. The molecule has 0 spiro atoms. The van der Waals surface area contributed by atoms with Crippen LogP contribution in [0.1, 0.15) is 15.9 Å². The molecule has 0 saturated carbocycles. The molecule has 1 fully saturated rings. The zero-order chi connectivity index (χ0) is 18.7. The van der Waals surface area contributed by atoms with Crippen LogP contribution in [0.3, 0.4) is 0 Å². The Balaban J connectivity index is 1.58. The lowest BCUT2D eigenvalue weighted by Gasteiger charge is -2.36. The average Bonchev–Trinajstić information content (AvgIpc) is 2.62. The van der Waals surface area contributed by atoms with Crippen molar-refractivity contribution in [3.63, 3.8) is 0 Å². The number of nitrogens with zero attached hydrogens (tertiary/aromatic N) is 2. The molecule has 1 aliphatic rings. The fourth-order valence-corrected chi connectivity index (χ4v) is 3.19. The van der Waals surface area contributed by atoms with Crippen LogP contribution in [0.4, 0.5) is 18.9 Å². The van der Waals surface area contributed by atoms with Gasteiger partial charge in [-0.25, -0.2) is 0 Å². The van der Waals surface area contributed by atoms with Gasteiger partial charge in [0.1, 0.15) is 0 Å². The second kappa shape index (κ2) is 7.68. The summed E-state index contributed by atoms with van der Waals surface area (Å²) in [6, 6.07) is 12.2. The molecule has 0 atom stereocenters. The maximum Gasteiger partial charge on any atom is 0.416 e. The van der Waals surface area contributed by atoms with Crippen LogP contribution in [0.25, 0.3) is 0 Å². The standard InChI is InChI=1S/C19H18ClF3N2O/c20-16-5-1-3-14(11-16)18(26)13-24-7-9-25(10-8-24)17-6-2-4-15(12-17)19(21,22)23/h1-6,11-12H,7-10,13H2. The topological polar surface area (TPSA) is 23.6 Å². The highest BCUT2D eigenvalue weighted by Crippen LogP contribution is 2.31. The van der Waals surface area contributed by atoms with Crippen LogP contribution in [0.2, 0.25) is 5.02 Å². The summed E-state index contributed by atoms with van der Waals surface area (Å²) in [7, 11) is 0. The summed E-state index contributed by atoms with van der Waals surface area (Å²) < 4.78 is 38.6. The molecule has 0 amide bonds. The molecular weight excluding hydrogens is 365 g/mol. The van der Waals surface area contributed by atoms with E-state index in [0.29, 0.717) is 42.5 Å². The van der Waals surface area contributed by atoms with E-state index >= 15 is 0 Å². The van der Waals surface area contributed by atoms with Gasteiger partial charge in [-0.15, -0.1) is 0 Å². The van der Waals surface area contributed by atoms with Gasteiger partial charge in [-0.3, -0.25) is 9.69 Å². The Hall–Kier alpha value is -2.05. The molecule has 7 heteroatoms. The molecule has 1 heterocycles. The van der Waals surface area contributed by atoms with E-state index in [0.717, 1.165) is 6.07 Å². The number of hydrogen-bond acceptors (Lipinski definition) is 3. The Morgan fingerprint density at radius 3 is 2.35 bits per heavy atom. The van der Waals surface area contributed by atoms with Crippen molar-refractivity contribution >= 4 is 23.1 Å². The molecule has 0 aliphatic carbocycles. The molecule has 3 rings (SSSR count). The molecule has 1 saturated heterocycles. The minimum absolute atomic E-state index is 0.0139. The summed E-state index contributed by atoms with van der Waals surface area (Å²) in [6.45, 7) is 2.65. The van der Waals surface area contributed by atoms with Crippen molar-refractivity contribution in [3.8, 4) is 0 Å². The van der Waals surface area contributed by atoms with E-state index in [4.69, 9.17) is 11.6 Å². The van der Waals surface area contributed by atoms with E-state index in [-0.39, 0.29) is 12.3 Å². The number of anilines is 1. The van der Waals surface area contributed by atoms with E-state index in [1.807, 2.05) is 9.80 Å². The molecular formula is C19H18ClF3N2O. The zero-order valence-corrected chi connectivity index (χ0v) is 14.7. The molecule has 3 nitrogen and oxygen atoms in total. The number of benzene rings is 2. The maximum atomic E-state index is 12.9. The van der Waals surface area contributed by atoms with Gasteiger partial charge in [0, 0.05) is 42.5 Å². The van der Waals surface area contributed by atoms with Gasteiger partial charge in [0.05, 0.1) is 12.1 Å². The molecule has 0 radical (unpaired) electrons. The molecule has 0 aromatic heterocycles. The van der Waals surface area contributed by atoms with Gasteiger partial charge in [-0.1, -0.05) is 29.8 Å². The van der Waals surface area contributed by atoms with Crippen LogP contribution in [-0.2, 0) is 6.18 Å². The minimum atomic E-state index is -4.35. The largest absolute Gasteiger partial charge is 0.416 e. The minimum Gasteiger partial charge on any atom is -0.369 e. The van der Waals surface area contributed by atoms with Crippen molar-refractivity contribution in [1.29, 1.82) is 0 Å². The molecule has 26 heavy (non-hydrogen) atoms. The fourth-order valence-electron chi connectivity index (χ4n) is 3.00. The molecule has 2 aromatic rings. The number of alkyl halides is 3. The SMILES string of the molecule is O=C(CN1CCN(c2cccc(C(F)(F)F)c2)CC1)c1cccc(Cl)c1. The first-order valence-corrected chi connectivity index (χ1v) is 8.64. The molecule has 0 unspecified atom stereocenters. The summed E-state index contributed by atoms with van der Waals surface area (Å²) in [5.41, 5.74) is 0.479. The third-order valence-corrected chi connectivity index (χ3v) is 4.66. The number of halogens is 4. The number of ketones is 1. The Kier molecular flexibility index (Phi) is 5.53. The monoisotopic (exact) mass is 382 g/mol. The first-order valence-electron chi connectivity index (χ1n) is 8.26. The lowest BCUT2D eigenvalue weighted by atomic mass is 10.1. The Labute approximate surface area is 155 Å². The van der Waals surface area contributed by atoms with Crippen molar-refractivity contribution in [3.05, 3.63) is 64.7 Å². The van der Waals surface area contributed by atoms with E-state index in [9.17, 15) is 18.0 Å². The normalized spacial score (nSPS) is 15.9. The predicted molar refractivity (Wildman–Crippen MR) is 95.9 cm³/mol. The maximum absolute atomic E-state index is 12.9. The first-order chi connectivity index (χ1) is 12.3. The highest BCUT2D eigenvalue weighted by Gasteiger charge is 2.31. The second-order valence-corrected chi connectivity index (χ2v) is 6.68. The lowest BCUT2D eigenvalue weighted by Crippen LogP contribution is -2.48. The Bertz CT molecular complexity index is 786. The van der Waals surface area contributed by atoms with Crippen LogP contribution in [0.15, 0.2) is 48.5 Å². The van der Waals surface area contributed by atoms with Gasteiger partial charge in [0.15, 0.2) is 5.78 Å². The predicted octanol–water partition coefficient (Wildman–Crippen LogP) is 4.36. The summed E-state index contributed by atoms with van der Waals surface area (Å²) in [6.07, 6.45) is -4.35. The molecule has 2 aromatic carbocycles. The number of piperazine rings is 1. The van der Waals surface area contributed by atoms with E-state index in [1.54, 1.807) is 30.3 Å². The summed E-state index contributed by atoms with van der Waals surface area (Å²) in [5.74, 6) is -0.0139. The summed E-state index contributed by atoms with van der Waals surface area (Å²) >= 11 is 5.91. The highest BCUT2D eigenvalue weighted by atomic mass is 35.5. The summed E-state index contributed by atoms with van der Waals surface area (Å²) in [5, 5.41) is 0.519. The van der Waals surface area contributed by atoms with Crippen LogP contribution in [0.5, 0.6) is 0 Å². The van der Waals surface area contributed by atoms with Crippen molar-refractivity contribution in [1.82, 2.24) is 4.90 Å². The van der Waals surface area contributed by atoms with E-state index < -0.39 is 11.7 Å². The van der Waals surface area contributed by atoms with Gasteiger partial charge in [-0.2, -0.15) is 13.2 Å². The molecule has 0 bridgehead atoms. The first kappa shape index (κ1) is 18.7. The van der Waals surface area contributed by atoms with Gasteiger partial charge < -0.3 is 4.90 Å². The van der Waals surface area contributed by atoms with E-state index in [1.165, 1.54) is 12.1 Å². The third kappa shape index (κ3) is 4.56. The number of carbonyl (C=O) groups excluding carboxylic acids is 1.